The number of nitrogens with zero attached hydrogens (tertiary/aromatic N) is 3. The van der Waals surface area contributed by atoms with Gasteiger partial charge in [-0.3, -0.25) is 14.2 Å². The van der Waals surface area contributed by atoms with E-state index in [-0.39, 0.29) is 11.5 Å². The van der Waals surface area contributed by atoms with Crippen LogP contribution in [0.3, 0.4) is 0 Å². The Labute approximate surface area is 142 Å². The predicted octanol–water partition coefficient (Wildman–Crippen LogP) is 2.82. The minimum Gasteiger partial charge on any atom is -0.342 e. The molecule has 3 rings (SSSR count). The summed E-state index contributed by atoms with van der Waals surface area (Å²) in [5.74, 6) is 0.659. The molecule has 1 heterocycles. The number of hydrogen-bond donors (Lipinski definition) is 0. The Balaban J connectivity index is 1.68. The van der Waals surface area contributed by atoms with Crippen LogP contribution < -0.4 is 5.56 Å². The van der Waals surface area contributed by atoms with E-state index in [0.29, 0.717) is 35.8 Å². The Hall–Kier alpha value is -2.17. The summed E-state index contributed by atoms with van der Waals surface area (Å²) >= 11 is 0. The van der Waals surface area contributed by atoms with Crippen molar-refractivity contribution in [2.24, 2.45) is 5.92 Å². The first kappa shape index (κ1) is 16.7. The summed E-state index contributed by atoms with van der Waals surface area (Å²) in [6, 6.07) is 7.63. The smallest absolute Gasteiger partial charge is 0.261 e. The molecule has 1 fully saturated rings. The number of aromatic nitrogens is 2. The Morgan fingerprint density at radius 1 is 1.29 bits per heavy atom. The maximum absolute atomic E-state index is 12.5. The van der Waals surface area contributed by atoms with Crippen LogP contribution in [-0.4, -0.2) is 33.4 Å². The molecule has 24 heavy (non-hydrogen) atoms. The summed E-state index contributed by atoms with van der Waals surface area (Å²) in [6.45, 7) is 2.60. The van der Waals surface area contributed by atoms with Gasteiger partial charge in [0, 0.05) is 26.1 Å². The van der Waals surface area contributed by atoms with E-state index in [1.165, 1.54) is 19.3 Å². The number of rotatable bonds is 4. The van der Waals surface area contributed by atoms with Crippen LogP contribution in [0.1, 0.15) is 39.0 Å². The van der Waals surface area contributed by atoms with Gasteiger partial charge in [-0.25, -0.2) is 4.98 Å². The number of benzene rings is 1. The van der Waals surface area contributed by atoms with Gasteiger partial charge in [-0.1, -0.05) is 31.9 Å². The fourth-order valence-corrected chi connectivity index (χ4v) is 3.71. The number of carbonyl (C=O) groups excluding carboxylic acids is 1. The van der Waals surface area contributed by atoms with Gasteiger partial charge in [0.25, 0.3) is 5.56 Å². The van der Waals surface area contributed by atoms with E-state index >= 15 is 0 Å². The molecule has 1 aliphatic rings. The van der Waals surface area contributed by atoms with Crippen LogP contribution in [0, 0.1) is 5.92 Å². The maximum Gasteiger partial charge on any atom is 0.261 e. The minimum absolute atomic E-state index is 0.0814. The summed E-state index contributed by atoms with van der Waals surface area (Å²) in [5.41, 5.74) is 0.611. The number of fused-ring (bicyclic) bond motifs is 1. The first-order valence-corrected chi connectivity index (χ1v) is 8.78. The lowest BCUT2D eigenvalue weighted by atomic mass is 9.85. The van der Waals surface area contributed by atoms with Crippen molar-refractivity contribution in [3.8, 4) is 0 Å². The standard InChI is InChI=1S/C19H25N3O2/c1-14-7-3-6-10-17(14)21(2)18(23)11-12-22-13-20-16-9-5-4-8-15(16)19(22)24/h4-5,8-9,13-14,17H,3,6-7,10-12H2,1-2H3. The fraction of sp³-hybridized carbons (Fsp3) is 0.526. The molecule has 2 unspecified atom stereocenters. The topological polar surface area (TPSA) is 55.2 Å². The number of aryl methyl sites for hydroxylation is 1. The van der Waals surface area contributed by atoms with Crippen LogP contribution in [0.2, 0.25) is 0 Å². The first-order chi connectivity index (χ1) is 11.6. The minimum atomic E-state index is -0.0814. The van der Waals surface area contributed by atoms with E-state index in [9.17, 15) is 9.59 Å². The van der Waals surface area contributed by atoms with Crippen LogP contribution in [0.15, 0.2) is 35.4 Å². The fourth-order valence-electron chi connectivity index (χ4n) is 3.71. The van der Waals surface area contributed by atoms with Crippen molar-refractivity contribution in [3.63, 3.8) is 0 Å². The van der Waals surface area contributed by atoms with Crippen molar-refractivity contribution < 1.29 is 4.79 Å². The van der Waals surface area contributed by atoms with Crippen molar-refractivity contribution in [2.75, 3.05) is 7.05 Å². The Bertz CT molecular complexity index is 784. The van der Waals surface area contributed by atoms with Crippen molar-refractivity contribution in [2.45, 2.75) is 51.6 Å². The molecule has 2 atom stereocenters. The molecule has 0 bridgehead atoms. The quantitative estimate of drug-likeness (QED) is 0.868. The van der Waals surface area contributed by atoms with Gasteiger partial charge in [0.2, 0.25) is 5.91 Å². The highest BCUT2D eigenvalue weighted by Gasteiger charge is 2.27. The summed E-state index contributed by atoms with van der Waals surface area (Å²) in [6.07, 6.45) is 6.61. The van der Waals surface area contributed by atoms with Gasteiger partial charge in [-0.2, -0.15) is 0 Å². The average molecular weight is 327 g/mol. The molecule has 0 radical (unpaired) electrons. The predicted molar refractivity (Wildman–Crippen MR) is 94.8 cm³/mol. The van der Waals surface area contributed by atoms with Gasteiger partial charge in [-0.15, -0.1) is 0 Å². The molecule has 1 amide bonds. The van der Waals surface area contributed by atoms with Crippen molar-refractivity contribution >= 4 is 16.8 Å². The molecule has 128 valence electrons. The number of para-hydroxylation sites is 1. The van der Waals surface area contributed by atoms with Gasteiger partial charge >= 0.3 is 0 Å². The van der Waals surface area contributed by atoms with E-state index in [2.05, 4.69) is 11.9 Å². The Kier molecular flexibility index (Phi) is 4.97. The third-order valence-corrected chi connectivity index (χ3v) is 5.26. The second-order valence-electron chi connectivity index (χ2n) is 6.84. The Morgan fingerprint density at radius 3 is 2.83 bits per heavy atom. The zero-order valence-electron chi connectivity index (χ0n) is 14.4. The molecule has 1 aromatic carbocycles. The average Bonchev–Trinajstić information content (AvgIpc) is 2.61. The van der Waals surface area contributed by atoms with E-state index in [1.807, 2.05) is 30.1 Å². The highest BCUT2D eigenvalue weighted by molar-refractivity contribution is 5.77. The highest BCUT2D eigenvalue weighted by Crippen LogP contribution is 2.27. The molecular weight excluding hydrogens is 302 g/mol. The van der Waals surface area contributed by atoms with E-state index < -0.39 is 0 Å². The van der Waals surface area contributed by atoms with Crippen LogP contribution in [0.4, 0.5) is 0 Å². The molecule has 0 spiro atoms. The normalized spacial score (nSPS) is 20.9. The second kappa shape index (κ2) is 7.16. The van der Waals surface area contributed by atoms with Crippen LogP contribution >= 0.6 is 0 Å². The monoisotopic (exact) mass is 327 g/mol. The summed E-state index contributed by atoms with van der Waals surface area (Å²) in [5, 5.41) is 0.599. The second-order valence-corrected chi connectivity index (χ2v) is 6.84. The summed E-state index contributed by atoms with van der Waals surface area (Å²) in [4.78, 5) is 31.2. The highest BCUT2D eigenvalue weighted by atomic mass is 16.2. The molecule has 1 saturated carbocycles. The first-order valence-electron chi connectivity index (χ1n) is 8.78. The molecule has 0 N–H and O–H groups in total. The van der Waals surface area contributed by atoms with E-state index in [4.69, 9.17) is 0 Å². The zero-order chi connectivity index (χ0) is 17.1. The SMILES string of the molecule is CC1CCCCC1N(C)C(=O)CCn1cnc2ccccc2c1=O. The molecule has 0 saturated heterocycles. The lowest BCUT2D eigenvalue weighted by molar-refractivity contribution is -0.133. The lowest BCUT2D eigenvalue weighted by Crippen LogP contribution is -2.43. The molecule has 1 aliphatic carbocycles. The van der Waals surface area contributed by atoms with Crippen molar-refractivity contribution in [1.82, 2.24) is 14.5 Å². The molecule has 1 aromatic heterocycles. The molecule has 2 aromatic rings. The molecule has 0 aliphatic heterocycles. The molecule has 5 heteroatoms. The summed E-state index contributed by atoms with van der Waals surface area (Å²) < 4.78 is 1.54. The number of amides is 1. The van der Waals surface area contributed by atoms with E-state index in [1.54, 1.807) is 17.0 Å². The Morgan fingerprint density at radius 2 is 2.04 bits per heavy atom. The van der Waals surface area contributed by atoms with Crippen LogP contribution in [0.25, 0.3) is 10.9 Å². The summed E-state index contributed by atoms with van der Waals surface area (Å²) in [7, 11) is 1.90. The molecular formula is C19H25N3O2. The van der Waals surface area contributed by atoms with Crippen molar-refractivity contribution in [1.29, 1.82) is 0 Å². The van der Waals surface area contributed by atoms with Gasteiger partial charge in [0.05, 0.1) is 17.2 Å². The third kappa shape index (κ3) is 3.35. The van der Waals surface area contributed by atoms with E-state index in [0.717, 1.165) is 6.42 Å². The molecule has 5 nitrogen and oxygen atoms in total. The van der Waals surface area contributed by atoms with Crippen LogP contribution in [-0.2, 0) is 11.3 Å². The number of hydrogen-bond acceptors (Lipinski definition) is 3. The third-order valence-electron chi connectivity index (χ3n) is 5.26. The van der Waals surface area contributed by atoms with Crippen LogP contribution in [0.5, 0.6) is 0 Å². The zero-order valence-corrected chi connectivity index (χ0v) is 14.4. The largest absolute Gasteiger partial charge is 0.342 e. The van der Waals surface area contributed by atoms with Gasteiger partial charge < -0.3 is 4.90 Å². The number of carbonyl (C=O) groups is 1. The van der Waals surface area contributed by atoms with Crippen molar-refractivity contribution in [3.05, 3.63) is 40.9 Å². The van der Waals surface area contributed by atoms with Gasteiger partial charge in [-0.05, 0) is 30.9 Å². The van der Waals surface area contributed by atoms with Gasteiger partial charge in [0.15, 0.2) is 0 Å². The van der Waals surface area contributed by atoms with Gasteiger partial charge in [0.1, 0.15) is 0 Å². The maximum atomic E-state index is 12.5. The lowest BCUT2D eigenvalue weighted by Gasteiger charge is -2.36.